The van der Waals surface area contributed by atoms with Gasteiger partial charge in [-0.1, -0.05) is 43.2 Å². The number of nitrogen functional groups attached to an aromatic ring is 1. The summed E-state index contributed by atoms with van der Waals surface area (Å²) in [4.78, 5) is 0. The van der Waals surface area contributed by atoms with Gasteiger partial charge in [0, 0.05) is 11.3 Å². The highest BCUT2D eigenvalue weighted by atomic mass is 16.3. The number of rotatable bonds is 3. The summed E-state index contributed by atoms with van der Waals surface area (Å²) in [6.07, 6.45) is 2.84. The van der Waals surface area contributed by atoms with Crippen LogP contribution in [0.4, 0.5) is 5.69 Å². The van der Waals surface area contributed by atoms with Crippen molar-refractivity contribution in [1.29, 1.82) is 0 Å². The number of phenolic OH excluding ortho intramolecular Hbond substituents is 1. The molecule has 0 aliphatic heterocycles. The van der Waals surface area contributed by atoms with E-state index in [2.05, 4.69) is 26.0 Å². The lowest BCUT2D eigenvalue weighted by Gasteiger charge is -2.10. The van der Waals surface area contributed by atoms with Crippen LogP contribution in [0, 0.1) is 6.92 Å². The fourth-order valence-electron chi connectivity index (χ4n) is 2.15. The minimum Gasteiger partial charge on any atom is -0.508 e. The van der Waals surface area contributed by atoms with E-state index in [1.807, 2.05) is 45.0 Å². The first kappa shape index (κ1) is 17.8. The largest absolute Gasteiger partial charge is 0.508 e. The van der Waals surface area contributed by atoms with Gasteiger partial charge in [0.25, 0.3) is 0 Å². The molecular weight excluding hydrogens is 270 g/mol. The fourth-order valence-corrected chi connectivity index (χ4v) is 2.15. The Bertz CT molecular complexity index is 653. The first-order chi connectivity index (χ1) is 10.5. The summed E-state index contributed by atoms with van der Waals surface area (Å²) in [6.45, 7) is 10.2. The Morgan fingerprint density at radius 1 is 1.09 bits per heavy atom. The molecular formula is C20H27NO. The zero-order valence-corrected chi connectivity index (χ0v) is 14.3. The quantitative estimate of drug-likeness (QED) is 0.581. The van der Waals surface area contributed by atoms with Gasteiger partial charge in [-0.2, -0.15) is 0 Å². The van der Waals surface area contributed by atoms with Gasteiger partial charge in [0.2, 0.25) is 0 Å². The standard InChI is InChI=1S/C18H21NO.C2H6/c1-12(2)4-6-15-11-14(7-9-18(15)20)16-10-13(3)5-8-17(16)19;1-2/h4-5,7-11,20H,6,19H2,1-3H3;1-2H3. The molecule has 0 spiro atoms. The highest BCUT2D eigenvalue weighted by Crippen LogP contribution is 2.31. The van der Waals surface area contributed by atoms with Crippen molar-refractivity contribution in [3.8, 4) is 16.9 Å². The minimum absolute atomic E-state index is 0.331. The van der Waals surface area contributed by atoms with Crippen molar-refractivity contribution in [1.82, 2.24) is 0 Å². The summed E-state index contributed by atoms with van der Waals surface area (Å²) in [5.41, 5.74) is 12.2. The second-order valence-corrected chi connectivity index (χ2v) is 5.42. The molecule has 0 bridgehead atoms. The Morgan fingerprint density at radius 2 is 1.77 bits per heavy atom. The van der Waals surface area contributed by atoms with Gasteiger partial charge in [0.15, 0.2) is 0 Å². The van der Waals surface area contributed by atoms with Crippen molar-refractivity contribution < 1.29 is 5.11 Å². The number of hydrogen-bond acceptors (Lipinski definition) is 2. The van der Waals surface area contributed by atoms with Gasteiger partial charge in [-0.25, -0.2) is 0 Å². The number of aromatic hydroxyl groups is 1. The van der Waals surface area contributed by atoms with Gasteiger partial charge in [0.1, 0.15) is 5.75 Å². The van der Waals surface area contributed by atoms with Crippen molar-refractivity contribution in [2.75, 3.05) is 5.73 Å². The Balaban J connectivity index is 0.00000116. The predicted molar refractivity (Wildman–Crippen MR) is 97.2 cm³/mol. The van der Waals surface area contributed by atoms with Crippen LogP contribution in [0.5, 0.6) is 5.75 Å². The monoisotopic (exact) mass is 297 g/mol. The van der Waals surface area contributed by atoms with Crippen LogP contribution in [-0.2, 0) is 6.42 Å². The van der Waals surface area contributed by atoms with E-state index in [1.165, 1.54) is 11.1 Å². The number of phenols is 1. The molecule has 3 N–H and O–H groups in total. The van der Waals surface area contributed by atoms with Crippen LogP contribution in [0.3, 0.4) is 0 Å². The minimum atomic E-state index is 0.331. The maximum Gasteiger partial charge on any atom is 0.119 e. The first-order valence-corrected chi connectivity index (χ1v) is 7.79. The highest BCUT2D eigenvalue weighted by molar-refractivity contribution is 5.77. The van der Waals surface area contributed by atoms with Crippen LogP contribution in [0.25, 0.3) is 11.1 Å². The van der Waals surface area contributed by atoms with Crippen LogP contribution in [0.1, 0.15) is 38.8 Å². The third-order valence-electron chi connectivity index (χ3n) is 3.33. The molecule has 2 rings (SSSR count). The second-order valence-electron chi connectivity index (χ2n) is 5.42. The van der Waals surface area contributed by atoms with E-state index in [9.17, 15) is 5.11 Å². The molecule has 2 aromatic rings. The molecule has 0 aliphatic carbocycles. The molecule has 22 heavy (non-hydrogen) atoms. The first-order valence-electron chi connectivity index (χ1n) is 7.79. The van der Waals surface area contributed by atoms with E-state index >= 15 is 0 Å². The molecule has 2 heteroatoms. The van der Waals surface area contributed by atoms with E-state index in [0.29, 0.717) is 5.75 Å². The number of allylic oxidation sites excluding steroid dienone is 2. The maximum atomic E-state index is 9.96. The number of aryl methyl sites for hydroxylation is 1. The lowest BCUT2D eigenvalue weighted by Crippen LogP contribution is -1.92. The van der Waals surface area contributed by atoms with Crippen LogP contribution >= 0.6 is 0 Å². The third-order valence-corrected chi connectivity index (χ3v) is 3.33. The SMILES string of the molecule is CC.CC(C)=CCc1cc(-c2cc(C)ccc2N)ccc1O. The van der Waals surface area contributed by atoms with Gasteiger partial charge < -0.3 is 10.8 Å². The number of anilines is 1. The molecule has 0 heterocycles. The number of hydrogen-bond donors (Lipinski definition) is 2. The van der Waals surface area contributed by atoms with E-state index in [4.69, 9.17) is 5.73 Å². The van der Waals surface area contributed by atoms with Crippen LogP contribution in [0.15, 0.2) is 48.0 Å². The Morgan fingerprint density at radius 3 is 2.41 bits per heavy atom. The molecule has 0 aromatic heterocycles. The van der Waals surface area contributed by atoms with E-state index < -0.39 is 0 Å². The molecule has 0 aliphatic rings. The molecule has 0 saturated carbocycles. The Labute approximate surface area is 134 Å². The average molecular weight is 297 g/mol. The summed E-state index contributed by atoms with van der Waals surface area (Å²) in [5, 5.41) is 9.96. The summed E-state index contributed by atoms with van der Waals surface area (Å²) in [5.74, 6) is 0.331. The molecule has 0 atom stereocenters. The van der Waals surface area contributed by atoms with Gasteiger partial charge >= 0.3 is 0 Å². The van der Waals surface area contributed by atoms with Crippen molar-refractivity contribution in [2.24, 2.45) is 0 Å². The zero-order chi connectivity index (χ0) is 16.7. The molecule has 2 nitrogen and oxygen atoms in total. The van der Waals surface area contributed by atoms with E-state index in [1.54, 1.807) is 6.07 Å². The topological polar surface area (TPSA) is 46.2 Å². The summed E-state index contributed by atoms with van der Waals surface area (Å²) in [6, 6.07) is 11.7. The molecule has 118 valence electrons. The predicted octanol–water partition coefficient (Wildman–Crippen LogP) is 5.48. The fraction of sp³-hybridized carbons (Fsp3) is 0.300. The maximum absolute atomic E-state index is 9.96. The van der Waals surface area contributed by atoms with E-state index in [0.717, 1.165) is 28.8 Å². The number of nitrogens with two attached hydrogens (primary N) is 1. The third kappa shape index (κ3) is 4.66. The molecule has 0 unspecified atom stereocenters. The van der Waals surface area contributed by atoms with Crippen molar-refractivity contribution in [3.05, 3.63) is 59.2 Å². The van der Waals surface area contributed by atoms with Crippen LogP contribution < -0.4 is 5.73 Å². The molecule has 0 amide bonds. The summed E-state index contributed by atoms with van der Waals surface area (Å²) >= 11 is 0. The normalized spacial score (nSPS) is 9.68. The number of benzene rings is 2. The van der Waals surface area contributed by atoms with E-state index in [-0.39, 0.29) is 0 Å². The average Bonchev–Trinajstić information content (AvgIpc) is 2.51. The molecule has 0 saturated heterocycles. The van der Waals surface area contributed by atoms with Crippen molar-refractivity contribution >= 4 is 5.69 Å². The van der Waals surface area contributed by atoms with Crippen molar-refractivity contribution in [3.63, 3.8) is 0 Å². The van der Waals surface area contributed by atoms with Gasteiger partial charge in [-0.3, -0.25) is 0 Å². The summed E-state index contributed by atoms with van der Waals surface area (Å²) in [7, 11) is 0. The zero-order valence-electron chi connectivity index (χ0n) is 14.3. The highest BCUT2D eigenvalue weighted by Gasteiger charge is 2.07. The van der Waals surface area contributed by atoms with Crippen LogP contribution in [-0.4, -0.2) is 5.11 Å². The lowest BCUT2D eigenvalue weighted by atomic mass is 9.98. The van der Waals surface area contributed by atoms with Crippen LogP contribution in [0.2, 0.25) is 0 Å². The van der Waals surface area contributed by atoms with Gasteiger partial charge in [-0.15, -0.1) is 0 Å². The molecule has 2 aromatic carbocycles. The summed E-state index contributed by atoms with van der Waals surface area (Å²) < 4.78 is 0. The van der Waals surface area contributed by atoms with Crippen molar-refractivity contribution in [2.45, 2.75) is 41.0 Å². The van der Waals surface area contributed by atoms with Gasteiger partial charge in [0.05, 0.1) is 0 Å². The molecule has 0 radical (unpaired) electrons. The van der Waals surface area contributed by atoms with Gasteiger partial charge in [-0.05, 0) is 62.6 Å². The molecule has 0 fully saturated rings. The second kappa shape index (κ2) is 8.28. The Kier molecular flexibility index (Phi) is 6.71. The smallest absolute Gasteiger partial charge is 0.119 e. The lowest BCUT2D eigenvalue weighted by molar-refractivity contribution is 0.470. The Hall–Kier alpha value is -2.22.